The summed E-state index contributed by atoms with van der Waals surface area (Å²) in [7, 11) is -11.0. The molecular formula is C33H40F6N4O7S2Si. The van der Waals surface area contributed by atoms with E-state index in [1.54, 1.807) is 4.90 Å². The first-order chi connectivity index (χ1) is 24.4. The lowest BCUT2D eigenvalue weighted by molar-refractivity contribution is -0.138. The second kappa shape index (κ2) is 14.6. The molecule has 2 aliphatic rings. The average molecular weight is 811 g/mol. The van der Waals surface area contributed by atoms with Crippen LogP contribution in [0, 0.1) is 5.82 Å². The van der Waals surface area contributed by atoms with Gasteiger partial charge in [-0.2, -0.15) is 26.3 Å². The van der Waals surface area contributed by atoms with E-state index in [1.807, 2.05) is 33.9 Å². The van der Waals surface area contributed by atoms with Gasteiger partial charge in [0.1, 0.15) is 18.2 Å². The van der Waals surface area contributed by atoms with Gasteiger partial charge < -0.3 is 18.8 Å². The molecule has 1 saturated heterocycles. The van der Waals surface area contributed by atoms with Crippen molar-refractivity contribution in [3.05, 3.63) is 60.0 Å². The number of rotatable bonds is 11. The minimum Gasteiger partial charge on any atom is -0.474 e. The zero-order chi connectivity index (χ0) is 39.3. The van der Waals surface area contributed by atoms with Crippen LogP contribution in [0.1, 0.15) is 26.3 Å². The van der Waals surface area contributed by atoms with Crippen LogP contribution < -0.4 is 18.7 Å². The number of ether oxygens (including phenoxy) is 2. The number of pyridine rings is 1. The van der Waals surface area contributed by atoms with Crippen molar-refractivity contribution >= 4 is 39.7 Å². The molecule has 292 valence electrons. The number of fused-ring (bicyclic) bond motifs is 3. The molecule has 0 unspecified atom stereocenters. The van der Waals surface area contributed by atoms with Crippen molar-refractivity contribution in [3.8, 4) is 22.8 Å². The predicted octanol–water partition coefficient (Wildman–Crippen LogP) is 6.57. The van der Waals surface area contributed by atoms with Crippen LogP contribution in [-0.4, -0.2) is 92.7 Å². The van der Waals surface area contributed by atoms with E-state index >= 15 is 0 Å². The number of hydrogen-bond acceptors (Lipinski definition) is 9. The van der Waals surface area contributed by atoms with Crippen molar-refractivity contribution in [1.29, 1.82) is 0 Å². The molecule has 0 aliphatic carbocycles. The van der Waals surface area contributed by atoms with Gasteiger partial charge in [0.25, 0.3) is 10.0 Å². The lowest BCUT2D eigenvalue weighted by atomic mass is 10.0. The van der Waals surface area contributed by atoms with Crippen LogP contribution in [0.3, 0.4) is 0 Å². The van der Waals surface area contributed by atoms with Gasteiger partial charge in [-0.15, -0.1) is 0 Å². The average Bonchev–Trinajstić information content (AvgIpc) is 3.03. The lowest BCUT2D eigenvalue weighted by Crippen LogP contribution is -2.61. The van der Waals surface area contributed by atoms with Gasteiger partial charge in [0.2, 0.25) is 15.9 Å². The number of aromatic nitrogens is 1. The summed E-state index contributed by atoms with van der Waals surface area (Å²) in [5.74, 6) is -2.03. The highest BCUT2D eigenvalue weighted by Gasteiger charge is 2.44. The molecule has 1 atom stereocenters. The minimum atomic E-state index is -4.99. The zero-order valence-electron chi connectivity index (χ0n) is 29.7. The summed E-state index contributed by atoms with van der Waals surface area (Å²) < 4.78 is 155. The number of piperazine rings is 1. The normalized spacial score (nSPS) is 17.5. The summed E-state index contributed by atoms with van der Waals surface area (Å²) in [6.07, 6.45) is -3.51. The van der Waals surface area contributed by atoms with Crippen LogP contribution in [0.15, 0.2) is 53.6 Å². The molecule has 0 bridgehead atoms. The van der Waals surface area contributed by atoms with Gasteiger partial charge in [-0.25, -0.2) is 26.2 Å². The highest BCUT2D eigenvalue weighted by Crippen LogP contribution is 2.44. The summed E-state index contributed by atoms with van der Waals surface area (Å²) in [4.78, 5) is 4.65. The maximum Gasteiger partial charge on any atom is 0.417 e. The molecule has 3 heterocycles. The molecule has 5 rings (SSSR count). The number of halogens is 6. The fourth-order valence-electron chi connectivity index (χ4n) is 5.82. The molecule has 0 radical (unpaired) electrons. The van der Waals surface area contributed by atoms with E-state index in [-0.39, 0.29) is 60.4 Å². The Morgan fingerprint density at radius 2 is 1.62 bits per heavy atom. The highest BCUT2D eigenvalue weighted by atomic mass is 32.2. The Balaban J connectivity index is 1.62. The van der Waals surface area contributed by atoms with Crippen molar-refractivity contribution in [2.45, 2.75) is 62.6 Å². The topological polar surface area (TPSA) is 119 Å². The second-order valence-electron chi connectivity index (χ2n) is 14.2. The number of nitrogens with zero attached hydrogens (tertiary/aromatic N) is 4. The number of benzene rings is 2. The lowest BCUT2D eigenvalue weighted by Gasteiger charge is -2.48. The first-order valence-electron chi connectivity index (χ1n) is 16.4. The van der Waals surface area contributed by atoms with Crippen molar-refractivity contribution in [2.75, 3.05) is 54.9 Å². The van der Waals surface area contributed by atoms with Crippen molar-refractivity contribution in [3.63, 3.8) is 0 Å². The van der Waals surface area contributed by atoms with E-state index in [0.29, 0.717) is 12.3 Å². The third-order valence-corrected chi connectivity index (χ3v) is 17.2. The summed E-state index contributed by atoms with van der Waals surface area (Å²) in [6.45, 7) is 6.14. The zero-order valence-corrected chi connectivity index (χ0v) is 32.4. The molecule has 53 heavy (non-hydrogen) atoms. The Morgan fingerprint density at radius 1 is 0.925 bits per heavy atom. The van der Waals surface area contributed by atoms with Crippen LogP contribution in [-0.2, 0) is 30.6 Å². The smallest absolute Gasteiger partial charge is 0.417 e. The Kier molecular flexibility index (Phi) is 11.2. The van der Waals surface area contributed by atoms with Crippen LogP contribution in [0.25, 0.3) is 11.1 Å². The molecule has 0 amide bonds. The van der Waals surface area contributed by atoms with Crippen molar-refractivity contribution in [1.82, 2.24) is 9.29 Å². The number of hydrogen-bond donors (Lipinski definition) is 0. The summed E-state index contributed by atoms with van der Waals surface area (Å²) in [5.41, 5.74) is -0.918. The highest BCUT2D eigenvalue weighted by molar-refractivity contribution is 7.93. The molecule has 1 aromatic heterocycles. The number of alkyl halides is 5. The predicted molar refractivity (Wildman–Crippen MR) is 188 cm³/mol. The van der Waals surface area contributed by atoms with Gasteiger partial charge in [-0.1, -0.05) is 26.8 Å². The van der Waals surface area contributed by atoms with Gasteiger partial charge in [-0.05, 0) is 59.6 Å². The first-order valence-corrected chi connectivity index (χ1v) is 22.6. The summed E-state index contributed by atoms with van der Waals surface area (Å²) in [6, 6.07) is 6.84. The third-order valence-electron chi connectivity index (χ3n) is 9.58. The molecular weight excluding hydrogens is 771 g/mol. The second-order valence-corrected chi connectivity index (χ2v) is 22.9. The summed E-state index contributed by atoms with van der Waals surface area (Å²) >= 11 is 0. The Bertz CT molecular complexity index is 2070. The Labute approximate surface area is 305 Å². The quantitative estimate of drug-likeness (QED) is 0.121. The Morgan fingerprint density at radius 3 is 2.25 bits per heavy atom. The fourth-order valence-corrected chi connectivity index (χ4v) is 9.32. The van der Waals surface area contributed by atoms with E-state index in [1.165, 1.54) is 22.5 Å². The fraction of sp³-hybridized carbons (Fsp3) is 0.485. The van der Waals surface area contributed by atoms with Crippen LogP contribution in [0.4, 0.5) is 37.7 Å². The molecule has 2 aromatic carbocycles. The van der Waals surface area contributed by atoms with E-state index in [4.69, 9.17) is 9.16 Å². The van der Waals surface area contributed by atoms with Gasteiger partial charge in [-0.3, -0.25) is 4.31 Å². The van der Waals surface area contributed by atoms with Crippen LogP contribution in [0.2, 0.25) is 18.1 Å². The third kappa shape index (κ3) is 8.87. The molecule has 11 nitrogen and oxygen atoms in total. The monoisotopic (exact) mass is 810 g/mol. The van der Waals surface area contributed by atoms with E-state index in [9.17, 15) is 43.2 Å². The van der Waals surface area contributed by atoms with E-state index < -0.39 is 81.6 Å². The number of sulfonamides is 2. The maximum atomic E-state index is 14.7. The maximum absolute atomic E-state index is 14.7. The molecule has 1 fully saturated rings. The van der Waals surface area contributed by atoms with Crippen molar-refractivity contribution in [2.24, 2.45) is 0 Å². The molecule has 20 heteroatoms. The van der Waals surface area contributed by atoms with Gasteiger partial charge in [0.05, 0.1) is 42.4 Å². The first kappa shape index (κ1) is 40.6. The molecule has 0 spiro atoms. The number of anilines is 2. The Hall–Kier alpha value is -3.59. The van der Waals surface area contributed by atoms with Crippen molar-refractivity contribution < 1.29 is 57.1 Å². The van der Waals surface area contributed by atoms with Gasteiger partial charge in [0.15, 0.2) is 13.2 Å². The van der Waals surface area contributed by atoms with E-state index in [2.05, 4.69) is 9.72 Å². The molecule has 0 saturated carbocycles. The standard InChI is InChI=1S/C33H40F6N4O7S2Si/c1-32(2,3)53(5,6)49-12-11-48-30-29(16-23(18-40-30)33(37,38)39)52(46,47)43-20-25-19-41(51(4,44)45)9-10-42(25)27-8-7-21(15-28(27)43)22-13-24(34)17-26(14-22)50-31(35)36/h7-8,13-18,25,31H,9-12,19-20H2,1-6H3/t25-/m0/s1. The van der Waals surface area contributed by atoms with Gasteiger partial charge in [0, 0.05) is 31.9 Å². The largest absolute Gasteiger partial charge is 0.474 e. The minimum absolute atomic E-state index is 0.00214. The molecule has 3 aromatic rings. The molecule has 0 N–H and O–H groups in total. The van der Waals surface area contributed by atoms with Crippen LogP contribution in [0.5, 0.6) is 11.6 Å². The van der Waals surface area contributed by atoms with E-state index in [0.717, 1.165) is 28.8 Å². The molecule has 2 aliphatic heterocycles. The SMILES string of the molecule is CC(C)(C)[Si](C)(C)OCCOc1ncc(C(F)(F)F)cc1S(=O)(=O)N1C[C@@H]2CN(S(C)(=O)=O)CCN2c2ccc(-c3cc(F)cc(OC(F)F)c3)cc21. The van der Waals surface area contributed by atoms with Gasteiger partial charge >= 0.3 is 12.8 Å². The van der Waals surface area contributed by atoms with Crippen LogP contribution >= 0.6 is 0 Å². The summed E-state index contributed by atoms with van der Waals surface area (Å²) in [5, 5.41) is -0.169.